The summed E-state index contributed by atoms with van der Waals surface area (Å²) in [4.78, 5) is 15.7. The molecule has 10 heteroatoms. The van der Waals surface area contributed by atoms with Crippen LogP contribution in [0.4, 0.5) is 19.3 Å². The van der Waals surface area contributed by atoms with Gasteiger partial charge in [-0.2, -0.15) is 8.78 Å². The smallest absolute Gasteiger partial charge is 0.388 e. The molecule has 2 aromatic rings. The van der Waals surface area contributed by atoms with Gasteiger partial charge in [0.1, 0.15) is 12.4 Å². The van der Waals surface area contributed by atoms with E-state index in [1.165, 1.54) is 14.1 Å². The number of aliphatic imine (C=N–C) groups is 1. The van der Waals surface area contributed by atoms with Gasteiger partial charge in [0.05, 0.1) is 0 Å². The van der Waals surface area contributed by atoms with E-state index in [1.54, 1.807) is 31.2 Å². The maximum absolute atomic E-state index is 12.6. The molecule has 2 aromatic carbocycles. The Morgan fingerprint density at radius 3 is 2.48 bits per heavy atom. The minimum Gasteiger partial charge on any atom is -0.489 e. The van der Waals surface area contributed by atoms with E-state index >= 15 is 0 Å². The van der Waals surface area contributed by atoms with Gasteiger partial charge < -0.3 is 20.5 Å². The molecular weight excluding hydrogens is 432 g/mol. The van der Waals surface area contributed by atoms with E-state index in [2.05, 4.69) is 15.0 Å². The zero-order chi connectivity index (χ0) is 24.7. The molecule has 0 aliphatic carbocycles. The van der Waals surface area contributed by atoms with E-state index in [9.17, 15) is 13.6 Å². The van der Waals surface area contributed by atoms with Crippen molar-refractivity contribution < 1.29 is 23.0 Å². The van der Waals surface area contributed by atoms with E-state index in [1.807, 2.05) is 26.0 Å². The number of hydrogen-bond acceptors (Lipinski definition) is 6. The monoisotopic (exact) mass is 461 g/mol. The number of halogens is 2. The van der Waals surface area contributed by atoms with Crippen LogP contribution in [0.5, 0.6) is 5.75 Å². The molecule has 0 saturated heterocycles. The highest BCUT2D eigenvalue weighted by Crippen LogP contribution is 2.27. The van der Waals surface area contributed by atoms with Gasteiger partial charge in [-0.3, -0.25) is 10.0 Å². The van der Waals surface area contributed by atoms with Crippen molar-refractivity contribution in [2.24, 2.45) is 16.6 Å². The van der Waals surface area contributed by atoms with Crippen LogP contribution in [0.1, 0.15) is 29.2 Å². The lowest BCUT2D eigenvalue weighted by Gasteiger charge is -2.18. The number of nitrogens with zero attached hydrogens (tertiary/aromatic N) is 2. The number of alkyl halides is 2. The number of urea groups is 1. The topological polar surface area (TPSA) is 115 Å². The number of hydrogen-bond donors (Lipinski definition) is 3. The highest BCUT2D eigenvalue weighted by Gasteiger charge is 2.16. The van der Waals surface area contributed by atoms with Crippen LogP contribution in [-0.4, -0.2) is 37.6 Å². The number of aryl methyl sites for hydroxylation is 2. The molecule has 0 aliphatic heterocycles. The molecule has 8 nitrogen and oxygen atoms in total. The lowest BCUT2D eigenvalue weighted by molar-refractivity contribution is -0.0599. The number of carbonyl (C=O) groups is 1. The molecule has 0 heterocycles. The third kappa shape index (κ3) is 6.66. The highest BCUT2D eigenvalue weighted by atomic mass is 19.3. The predicted molar refractivity (Wildman–Crippen MR) is 125 cm³/mol. The standard InChI is InChI=1S/C23H29F2N5O3/c1-13-7-6-8-18(29-23(31)30(5)27)17(13)12-32-19-10-9-16(11-14(19)2)20(26)15(3)21(28-4)33-22(24)25/h6-11,22H,12,26-27H2,1-5H3,(H,29,31). The second-order valence-electron chi connectivity index (χ2n) is 7.36. The Morgan fingerprint density at radius 1 is 1.21 bits per heavy atom. The number of ether oxygens (including phenoxy) is 2. The van der Waals surface area contributed by atoms with Crippen molar-refractivity contribution in [1.82, 2.24) is 5.01 Å². The van der Waals surface area contributed by atoms with Gasteiger partial charge in [0.2, 0.25) is 5.90 Å². The first-order valence-electron chi connectivity index (χ1n) is 10.0. The normalized spacial score (nSPS) is 12.3. The minimum absolute atomic E-state index is 0.204. The predicted octanol–water partition coefficient (Wildman–Crippen LogP) is 4.18. The average molecular weight is 462 g/mol. The van der Waals surface area contributed by atoms with Crippen molar-refractivity contribution in [2.75, 3.05) is 19.4 Å². The maximum Gasteiger partial charge on any atom is 0.388 e. The van der Waals surface area contributed by atoms with Crippen LogP contribution >= 0.6 is 0 Å². The maximum atomic E-state index is 12.6. The van der Waals surface area contributed by atoms with Crippen LogP contribution in [0.2, 0.25) is 0 Å². The van der Waals surface area contributed by atoms with Crippen molar-refractivity contribution in [2.45, 2.75) is 34.0 Å². The van der Waals surface area contributed by atoms with Crippen molar-refractivity contribution in [3.8, 4) is 5.75 Å². The Kier molecular flexibility index (Phi) is 8.75. The molecule has 2 rings (SSSR count). The van der Waals surface area contributed by atoms with Gasteiger partial charge in [0.25, 0.3) is 0 Å². The molecule has 33 heavy (non-hydrogen) atoms. The van der Waals surface area contributed by atoms with Crippen LogP contribution in [0.15, 0.2) is 47.0 Å². The summed E-state index contributed by atoms with van der Waals surface area (Å²) in [5.41, 5.74) is 10.5. The Bertz CT molecular complexity index is 1070. The summed E-state index contributed by atoms with van der Waals surface area (Å²) in [6.45, 7) is 2.53. The molecule has 0 spiro atoms. The largest absolute Gasteiger partial charge is 0.489 e. The molecule has 0 bridgehead atoms. The van der Waals surface area contributed by atoms with E-state index in [4.69, 9.17) is 16.3 Å². The van der Waals surface area contributed by atoms with Gasteiger partial charge in [0, 0.05) is 36.6 Å². The molecule has 0 atom stereocenters. The number of nitrogens with one attached hydrogen (secondary N) is 1. The van der Waals surface area contributed by atoms with Gasteiger partial charge in [-0.25, -0.2) is 10.6 Å². The van der Waals surface area contributed by atoms with Gasteiger partial charge in [-0.05, 0) is 61.7 Å². The fraction of sp³-hybridized carbons (Fsp3) is 0.304. The first-order valence-corrected chi connectivity index (χ1v) is 10.0. The van der Waals surface area contributed by atoms with Crippen LogP contribution in [0.25, 0.3) is 5.70 Å². The molecule has 0 aliphatic rings. The third-order valence-electron chi connectivity index (χ3n) is 4.96. The first kappa shape index (κ1) is 25.6. The summed E-state index contributed by atoms with van der Waals surface area (Å²) in [7, 11) is 2.80. The summed E-state index contributed by atoms with van der Waals surface area (Å²) >= 11 is 0. The fourth-order valence-corrected chi connectivity index (χ4v) is 3.07. The number of anilines is 1. The van der Waals surface area contributed by atoms with E-state index in [0.717, 1.165) is 21.7 Å². The SMILES string of the molecule is CN=C(OC(F)F)C(C)=C(N)c1ccc(OCc2c(C)cccc2NC(=O)N(C)N)c(C)c1. The molecule has 2 amide bonds. The molecule has 0 saturated carbocycles. The molecule has 0 radical (unpaired) electrons. The van der Waals surface area contributed by atoms with Crippen LogP contribution in [-0.2, 0) is 11.3 Å². The number of nitrogens with two attached hydrogens (primary N) is 2. The first-order chi connectivity index (χ1) is 15.5. The van der Waals surface area contributed by atoms with Crippen LogP contribution in [0, 0.1) is 13.8 Å². The summed E-state index contributed by atoms with van der Waals surface area (Å²) in [5, 5.41) is 3.71. The van der Waals surface area contributed by atoms with Crippen LogP contribution in [0.3, 0.4) is 0 Å². The summed E-state index contributed by atoms with van der Waals surface area (Å²) in [6, 6.07) is 10.3. The van der Waals surface area contributed by atoms with Crippen molar-refractivity contribution in [3.63, 3.8) is 0 Å². The Hall–Kier alpha value is -3.66. The highest BCUT2D eigenvalue weighted by molar-refractivity contribution is 6.00. The fourth-order valence-electron chi connectivity index (χ4n) is 3.07. The van der Waals surface area contributed by atoms with Gasteiger partial charge in [-0.1, -0.05) is 12.1 Å². The van der Waals surface area contributed by atoms with E-state index in [0.29, 0.717) is 22.6 Å². The second-order valence-corrected chi connectivity index (χ2v) is 7.36. The van der Waals surface area contributed by atoms with Crippen molar-refractivity contribution in [3.05, 3.63) is 64.2 Å². The van der Waals surface area contributed by atoms with Gasteiger partial charge in [0.15, 0.2) is 0 Å². The molecule has 178 valence electrons. The third-order valence-corrected chi connectivity index (χ3v) is 4.96. The quantitative estimate of drug-likeness (QED) is 0.188. The Morgan fingerprint density at radius 2 is 1.91 bits per heavy atom. The van der Waals surface area contributed by atoms with Gasteiger partial charge in [-0.15, -0.1) is 0 Å². The molecule has 0 aromatic heterocycles. The average Bonchev–Trinajstić information content (AvgIpc) is 2.76. The number of rotatable bonds is 7. The number of amides is 2. The zero-order valence-corrected chi connectivity index (χ0v) is 19.3. The molecular formula is C23H29F2N5O3. The van der Waals surface area contributed by atoms with E-state index in [-0.39, 0.29) is 18.2 Å². The lowest BCUT2D eigenvalue weighted by Crippen LogP contribution is -2.37. The molecule has 5 N–H and O–H groups in total. The molecule has 0 fully saturated rings. The minimum atomic E-state index is -3.00. The second kappa shape index (κ2) is 11.3. The summed E-state index contributed by atoms with van der Waals surface area (Å²) in [5.74, 6) is 5.87. The Balaban J connectivity index is 2.24. The molecule has 0 unspecified atom stereocenters. The van der Waals surface area contributed by atoms with Crippen molar-refractivity contribution >= 4 is 23.3 Å². The van der Waals surface area contributed by atoms with Crippen molar-refractivity contribution in [1.29, 1.82) is 0 Å². The zero-order valence-electron chi connectivity index (χ0n) is 19.3. The summed E-state index contributed by atoms with van der Waals surface area (Å²) < 4.78 is 35.6. The Labute approximate surface area is 191 Å². The van der Waals surface area contributed by atoms with Crippen LogP contribution < -0.4 is 21.6 Å². The number of benzene rings is 2. The lowest BCUT2D eigenvalue weighted by atomic mass is 10.0. The summed E-state index contributed by atoms with van der Waals surface area (Å²) in [6.07, 6.45) is 0. The number of carbonyl (C=O) groups excluding carboxylic acids is 1. The van der Waals surface area contributed by atoms with Gasteiger partial charge >= 0.3 is 12.6 Å². The van der Waals surface area contributed by atoms with E-state index < -0.39 is 12.6 Å². The number of hydrazine groups is 1.